The number of halogens is 3. The zero-order valence-electron chi connectivity index (χ0n) is 13.7. The van der Waals surface area contributed by atoms with E-state index in [0.29, 0.717) is 28.0 Å². The fourth-order valence-electron chi connectivity index (χ4n) is 2.34. The predicted molar refractivity (Wildman–Crippen MR) is 110 cm³/mol. The molecule has 0 atom stereocenters. The maximum atomic E-state index is 6.06. The molecule has 0 saturated carbocycles. The zero-order valence-corrected chi connectivity index (χ0v) is 17.6. The minimum Gasteiger partial charge on any atom is -0.489 e. The molecule has 2 N–H and O–H groups in total. The van der Waals surface area contributed by atoms with Gasteiger partial charge < -0.3 is 10.2 Å². The first-order chi connectivity index (χ1) is 12.4. The van der Waals surface area contributed by atoms with Crippen molar-refractivity contribution in [3.05, 3.63) is 72.6 Å². The van der Waals surface area contributed by atoms with Gasteiger partial charge in [0, 0.05) is 10.0 Å². The van der Waals surface area contributed by atoms with Crippen LogP contribution in [0.2, 0.25) is 10.0 Å². The number of hydrogen-bond acceptors (Lipinski definition) is 4. The lowest BCUT2D eigenvalue weighted by atomic mass is 10.2. The van der Waals surface area contributed by atoms with E-state index >= 15 is 0 Å². The van der Waals surface area contributed by atoms with Gasteiger partial charge in [0.1, 0.15) is 18.2 Å². The third-order valence-electron chi connectivity index (χ3n) is 3.67. The summed E-state index contributed by atoms with van der Waals surface area (Å²) in [6.07, 6.45) is 0. The van der Waals surface area contributed by atoms with E-state index in [9.17, 15) is 0 Å². The second-order valence-corrected chi connectivity index (χ2v) is 7.65. The first kappa shape index (κ1) is 19.2. The third kappa shape index (κ3) is 4.59. The Bertz CT molecular complexity index is 989. The van der Waals surface area contributed by atoms with Gasteiger partial charge >= 0.3 is 0 Å². The monoisotopic (exact) mass is 472 g/mol. The number of benzene rings is 2. The van der Waals surface area contributed by atoms with Crippen molar-refractivity contribution in [2.45, 2.75) is 20.1 Å². The highest BCUT2D eigenvalue weighted by Gasteiger charge is 2.08. The van der Waals surface area contributed by atoms with E-state index in [0.717, 1.165) is 27.2 Å². The Balaban J connectivity index is 1.75. The summed E-state index contributed by atoms with van der Waals surface area (Å²) in [5.74, 6) is 1.52. The molecule has 0 radical (unpaired) electrons. The summed E-state index contributed by atoms with van der Waals surface area (Å²) >= 11 is 20.7. The summed E-state index contributed by atoms with van der Waals surface area (Å²) < 4.78 is 9.18. The number of aromatic amines is 1. The van der Waals surface area contributed by atoms with Crippen molar-refractivity contribution in [2.75, 3.05) is 5.43 Å². The molecule has 26 heavy (non-hydrogen) atoms. The molecule has 3 aromatic rings. The van der Waals surface area contributed by atoms with Crippen LogP contribution in [0.5, 0.6) is 5.75 Å². The molecule has 0 fully saturated rings. The van der Waals surface area contributed by atoms with Gasteiger partial charge in [-0.2, -0.15) is 5.10 Å². The van der Waals surface area contributed by atoms with Crippen molar-refractivity contribution >= 4 is 51.3 Å². The molecule has 0 spiro atoms. The van der Waals surface area contributed by atoms with E-state index in [2.05, 4.69) is 31.6 Å². The van der Waals surface area contributed by atoms with Crippen molar-refractivity contribution in [3.8, 4) is 5.75 Å². The quantitative estimate of drug-likeness (QED) is 0.454. The molecule has 5 nitrogen and oxygen atoms in total. The SMILES string of the molecule is Cc1n[nH]c(=S)n1NCc1cc(Br)ccc1OCc1ccc(Cl)c(Cl)c1. The lowest BCUT2D eigenvalue weighted by molar-refractivity contribution is 0.303. The Morgan fingerprint density at radius 1 is 1.23 bits per heavy atom. The standard InChI is InChI=1S/C17H15BrCl2N4OS/c1-10-22-23-17(26)24(10)21-8-12-7-13(18)3-5-16(12)25-9-11-2-4-14(19)15(20)6-11/h2-7,21H,8-9H2,1H3,(H,23,26). The highest BCUT2D eigenvalue weighted by Crippen LogP contribution is 2.26. The number of aromatic nitrogens is 3. The maximum absolute atomic E-state index is 6.06. The Kier molecular flexibility index (Phi) is 6.24. The summed E-state index contributed by atoms with van der Waals surface area (Å²) in [5.41, 5.74) is 5.15. The molecule has 1 aromatic heterocycles. The highest BCUT2D eigenvalue weighted by atomic mass is 79.9. The van der Waals surface area contributed by atoms with Gasteiger partial charge in [0.05, 0.1) is 16.6 Å². The second kappa shape index (κ2) is 8.43. The number of H-pyrrole nitrogens is 1. The Hall–Kier alpha value is -1.54. The van der Waals surface area contributed by atoms with Crippen molar-refractivity contribution in [1.82, 2.24) is 14.9 Å². The predicted octanol–water partition coefficient (Wildman–Crippen LogP) is 5.64. The molecule has 0 aliphatic rings. The van der Waals surface area contributed by atoms with Crippen molar-refractivity contribution in [2.24, 2.45) is 0 Å². The van der Waals surface area contributed by atoms with Crippen LogP contribution < -0.4 is 10.2 Å². The van der Waals surface area contributed by atoms with Gasteiger partial charge in [0.25, 0.3) is 0 Å². The van der Waals surface area contributed by atoms with E-state index in [1.807, 2.05) is 31.2 Å². The van der Waals surface area contributed by atoms with Crippen LogP contribution in [0.15, 0.2) is 40.9 Å². The smallest absolute Gasteiger partial charge is 0.214 e. The molecule has 0 amide bonds. The molecule has 0 bridgehead atoms. The van der Waals surface area contributed by atoms with E-state index in [1.54, 1.807) is 16.8 Å². The number of nitrogens with one attached hydrogen (secondary N) is 2. The third-order valence-corrected chi connectivity index (χ3v) is 5.17. The second-order valence-electron chi connectivity index (χ2n) is 5.54. The largest absolute Gasteiger partial charge is 0.489 e. The van der Waals surface area contributed by atoms with Crippen LogP contribution in [0.1, 0.15) is 17.0 Å². The summed E-state index contributed by atoms with van der Waals surface area (Å²) in [7, 11) is 0. The Labute approximate surface area is 174 Å². The average Bonchev–Trinajstić information content (AvgIpc) is 2.93. The van der Waals surface area contributed by atoms with Crippen LogP contribution in [0, 0.1) is 11.7 Å². The molecule has 0 unspecified atom stereocenters. The summed E-state index contributed by atoms with van der Waals surface area (Å²) in [4.78, 5) is 0. The van der Waals surface area contributed by atoms with Gasteiger partial charge in [-0.1, -0.05) is 45.2 Å². The maximum Gasteiger partial charge on any atom is 0.214 e. The van der Waals surface area contributed by atoms with E-state index < -0.39 is 0 Å². The summed E-state index contributed by atoms with van der Waals surface area (Å²) in [6, 6.07) is 11.3. The normalized spacial score (nSPS) is 10.8. The molecule has 1 heterocycles. The molecule has 2 aromatic carbocycles. The Morgan fingerprint density at radius 3 is 2.73 bits per heavy atom. The number of hydrogen-bond donors (Lipinski definition) is 2. The number of ether oxygens (including phenoxy) is 1. The van der Waals surface area contributed by atoms with Crippen LogP contribution in [0.4, 0.5) is 0 Å². The van der Waals surface area contributed by atoms with Gasteiger partial charge in [-0.05, 0) is 55.0 Å². The van der Waals surface area contributed by atoms with Crippen LogP contribution in [0.25, 0.3) is 0 Å². The molecule has 0 saturated heterocycles. The molecular weight excluding hydrogens is 459 g/mol. The first-order valence-corrected chi connectivity index (χ1v) is 9.63. The van der Waals surface area contributed by atoms with Gasteiger partial charge in [-0.15, -0.1) is 0 Å². The lowest BCUT2D eigenvalue weighted by Gasteiger charge is -2.14. The first-order valence-electron chi connectivity index (χ1n) is 7.67. The average molecular weight is 474 g/mol. The number of rotatable bonds is 6. The topological polar surface area (TPSA) is 54.9 Å². The zero-order chi connectivity index (χ0) is 18.7. The molecular formula is C17H15BrCl2N4OS. The van der Waals surface area contributed by atoms with E-state index in [-0.39, 0.29) is 0 Å². The van der Waals surface area contributed by atoms with E-state index in [4.69, 9.17) is 40.2 Å². The van der Waals surface area contributed by atoms with Crippen molar-refractivity contribution in [1.29, 1.82) is 0 Å². The van der Waals surface area contributed by atoms with E-state index in [1.165, 1.54) is 0 Å². The van der Waals surface area contributed by atoms with Gasteiger partial charge in [0.2, 0.25) is 4.77 Å². The lowest BCUT2D eigenvalue weighted by Crippen LogP contribution is -2.16. The van der Waals surface area contributed by atoms with Crippen LogP contribution in [-0.2, 0) is 13.2 Å². The Morgan fingerprint density at radius 2 is 2.04 bits per heavy atom. The molecule has 0 aliphatic carbocycles. The fraction of sp³-hybridized carbons (Fsp3) is 0.176. The molecule has 0 aliphatic heterocycles. The minimum atomic E-state index is 0.385. The summed E-state index contributed by atoms with van der Waals surface area (Å²) in [5, 5.41) is 7.86. The van der Waals surface area contributed by atoms with Crippen molar-refractivity contribution < 1.29 is 4.74 Å². The number of aryl methyl sites for hydroxylation is 1. The van der Waals surface area contributed by atoms with Crippen LogP contribution in [0.3, 0.4) is 0 Å². The van der Waals surface area contributed by atoms with Crippen LogP contribution >= 0.6 is 51.3 Å². The molecule has 3 rings (SSSR count). The van der Waals surface area contributed by atoms with Crippen molar-refractivity contribution in [3.63, 3.8) is 0 Å². The fourth-order valence-corrected chi connectivity index (χ4v) is 3.32. The van der Waals surface area contributed by atoms with Gasteiger partial charge in [-0.25, -0.2) is 4.68 Å². The summed E-state index contributed by atoms with van der Waals surface area (Å²) in [6.45, 7) is 2.77. The molecule has 136 valence electrons. The van der Waals surface area contributed by atoms with Crippen LogP contribution in [-0.4, -0.2) is 14.9 Å². The molecule has 9 heteroatoms. The number of nitrogens with zero attached hydrogens (tertiary/aromatic N) is 2. The van der Waals surface area contributed by atoms with Gasteiger partial charge in [0.15, 0.2) is 0 Å². The highest BCUT2D eigenvalue weighted by molar-refractivity contribution is 9.10. The van der Waals surface area contributed by atoms with Gasteiger partial charge in [-0.3, -0.25) is 5.10 Å². The minimum absolute atomic E-state index is 0.385.